The maximum atomic E-state index is 5.36. The number of nitrogens with zero attached hydrogens (tertiary/aromatic N) is 3. The van der Waals surface area contributed by atoms with Crippen molar-refractivity contribution in [1.82, 2.24) is 10.2 Å². The van der Waals surface area contributed by atoms with Crippen LogP contribution in [0.2, 0.25) is 0 Å². The van der Waals surface area contributed by atoms with Crippen molar-refractivity contribution in [2.24, 2.45) is 5.84 Å². The van der Waals surface area contributed by atoms with E-state index in [2.05, 4.69) is 51.4 Å². The number of hydrogen-bond acceptors (Lipinski definition) is 5. The van der Waals surface area contributed by atoms with Crippen LogP contribution in [-0.4, -0.2) is 16.2 Å². The molecule has 3 rings (SSSR count). The number of nitrogens with one attached hydrogen (secondary N) is 1. The highest BCUT2D eigenvalue weighted by molar-refractivity contribution is 5.44. The number of hydrazine groups is 1. The molecule has 128 valence electrons. The Morgan fingerprint density at radius 1 is 1.17 bits per heavy atom. The SMILES string of the molecule is C=CC.NNc1ccc(N(Cc2ccccc2)C2CCCC2)nn1. The van der Waals surface area contributed by atoms with E-state index in [1.54, 1.807) is 6.08 Å². The van der Waals surface area contributed by atoms with E-state index in [0.717, 1.165) is 12.4 Å². The van der Waals surface area contributed by atoms with Crippen LogP contribution >= 0.6 is 0 Å². The lowest BCUT2D eigenvalue weighted by Crippen LogP contribution is -2.33. The second-order valence-corrected chi connectivity index (χ2v) is 5.88. The minimum absolute atomic E-state index is 0.552. The molecule has 0 unspecified atom stereocenters. The Morgan fingerprint density at radius 3 is 2.38 bits per heavy atom. The molecule has 1 aliphatic carbocycles. The molecule has 5 nitrogen and oxygen atoms in total. The fraction of sp³-hybridized carbons (Fsp3) is 0.368. The summed E-state index contributed by atoms with van der Waals surface area (Å²) in [5.74, 6) is 6.86. The number of benzene rings is 1. The molecule has 0 amide bonds. The third-order valence-corrected chi connectivity index (χ3v) is 4.05. The molecule has 0 spiro atoms. The van der Waals surface area contributed by atoms with E-state index in [1.165, 1.54) is 31.2 Å². The van der Waals surface area contributed by atoms with E-state index in [-0.39, 0.29) is 0 Å². The average molecular weight is 325 g/mol. The Hall–Kier alpha value is -2.40. The lowest BCUT2D eigenvalue weighted by molar-refractivity contribution is 0.594. The molecule has 5 heteroatoms. The standard InChI is InChI=1S/C16H21N5.C3H6/c17-18-15-10-11-16(20-19-15)21(14-8-4-5-9-14)12-13-6-2-1-3-7-13;1-3-2/h1-3,6-7,10-11,14H,4-5,8-9,12,17H2,(H,18,19);3H,1H2,2H3. The zero-order valence-corrected chi connectivity index (χ0v) is 14.4. The molecule has 0 atom stereocenters. The third-order valence-electron chi connectivity index (χ3n) is 4.05. The van der Waals surface area contributed by atoms with Crippen LogP contribution in [0.15, 0.2) is 55.1 Å². The normalized spacial score (nSPS) is 13.8. The van der Waals surface area contributed by atoms with Crippen molar-refractivity contribution < 1.29 is 0 Å². The summed E-state index contributed by atoms with van der Waals surface area (Å²) in [7, 11) is 0. The number of anilines is 2. The fourth-order valence-corrected chi connectivity index (χ4v) is 2.95. The summed E-state index contributed by atoms with van der Waals surface area (Å²) in [6.07, 6.45) is 6.80. The van der Waals surface area contributed by atoms with Crippen molar-refractivity contribution in [2.45, 2.75) is 45.2 Å². The van der Waals surface area contributed by atoms with Crippen molar-refractivity contribution >= 4 is 11.6 Å². The quantitative estimate of drug-likeness (QED) is 0.496. The number of nitrogens with two attached hydrogens (primary N) is 1. The largest absolute Gasteiger partial charge is 0.348 e. The first kappa shape index (κ1) is 17.9. The van der Waals surface area contributed by atoms with E-state index in [1.807, 2.05) is 25.1 Å². The molecule has 1 fully saturated rings. The summed E-state index contributed by atoms with van der Waals surface area (Å²) in [5.41, 5.74) is 3.82. The maximum absolute atomic E-state index is 5.36. The van der Waals surface area contributed by atoms with Gasteiger partial charge in [-0.05, 0) is 37.5 Å². The minimum Gasteiger partial charge on any atom is -0.348 e. The molecule has 1 heterocycles. The highest BCUT2D eigenvalue weighted by Crippen LogP contribution is 2.28. The Morgan fingerprint density at radius 2 is 1.83 bits per heavy atom. The summed E-state index contributed by atoms with van der Waals surface area (Å²) in [4.78, 5) is 2.37. The molecule has 1 saturated carbocycles. The van der Waals surface area contributed by atoms with Crippen molar-refractivity contribution in [2.75, 3.05) is 10.3 Å². The first-order chi connectivity index (χ1) is 11.8. The summed E-state index contributed by atoms with van der Waals surface area (Å²) in [6.45, 7) is 6.12. The summed E-state index contributed by atoms with van der Waals surface area (Å²) in [5, 5.41) is 8.43. The molecular formula is C19H27N5. The van der Waals surface area contributed by atoms with Crippen molar-refractivity contribution in [1.29, 1.82) is 0 Å². The Labute approximate surface area is 144 Å². The monoisotopic (exact) mass is 325 g/mol. The average Bonchev–Trinajstić information content (AvgIpc) is 3.16. The van der Waals surface area contributed by atoms with E-state index in [0.29, 0.717) is 11.9 Å². The van der Waals surface area contributed by atoms with Crippen LogP contribution in [0.5, 0.6) is 0 Å². The Kier molecular flexibility index (Phi) is 7.23. The Bertz CT molecular complexity index is 591. The van der Waals surface area contributed by atoms with E-state index >= 15 is 0 Å². The van der Waals surface area contributed by atoms with Gasteiger partial charge in [-0.25, -0.2) is 5.84 Å². The van der Waals surface area contributed by atoms with Gasteiger partial charge in [0, 0.05) is 12.6 Å². The topological polar surface area (TPSA) is 67.1 Å². The summed E-state index contributed by atoms with van der Waals surface area (Å²) in [6, 6.07) is 14.9. The lowest BCUT2D eigenvalue weighted by atomic mass is 10.1. The Balaban J connectivity index is 0.000000647. The van der Waals surface area contributed by atoms with Crippen LogP contribution in [-0.2, 0) is 6.54 Å². The second-order valence-electron chi connectivity index (χ2n) is 5.88. The van der Waals surface area contributed by atoms with E-state index in [4.69, 9.17) is 5.84 Å². The number of rotatable bonds is 5. The second kappa shape index (κ2) is 9.67. The van der Waals surface area contributed by atoms with Crippen molar-refractivity contribution in [3.8, 4) is 0 Å². The van der Waals surface area contributed by atoms with Gasteiger partial charge in [0.2, 0.25) is 0 Å². The molecule has 3 N–H and O–H groups in total. The molecule has 0 saturated heterocycles. The van der Waals surface area contributed by atoms with Gasteiger partial charge >= 0.3 is 0 Å². The molecule has 1 aromatic heterocycles. The van der Waals surface area contributed by atoms with Gasteiger partial charge in [0.25, 0.3) is 0 Å². The van der Waals surface area contributed by atoms with Crippen LogP contribution in [0, 0.1) is 0 Å². The maximum Gasteiger partial charge on any atom is 0.162 e. The number of allylic oxidation sites excluding steroid dienone is 1. The zero-order chi connectivity index (χ0) is 17.2. The first-order valence-corrected chi connectivity index (χ1v) is 8.46. The number of aromatic nitrogens is 2. The van der Waals surface area contributed by atoms with E-state index in [9.17, 15) is 0 Å². The fourth-order valence-electron chi connectivity index (χ4n) is 2.95. The summed E-state index contributed by atoms with van der Waals surface area (Å²) < 4.78 is 0. The van der Waals surface area contributed by atoms with Gasteiger partial charge in [-0.2, -0.15) is 0 Å². The number of nitrogen functional groups attached to an aromatic ring is 1. The molecule has 2 aromatic rings. The van der Waals surface area contributed by atoms with Crippen LogP contribution < -0.4 is 16.2 Å². The zero-order valence-electron chi connectivity index (χ0n) is 14.4. The summed E-state index contributed by atoms with van der Waals surface area (Å²) >= 11 is 0. The van der Waals surface area contributed by atoms with Gasteiger partial charge < -0.3 is 10.3 Å². The van der Waals surface area contributed by atoms with Gasteiger partial charge in [0.15, 0.2) is 11.6 Å². The van der Waals surface area contributed by atoms with Gasteiger partial charge in [-0.3, -0.25) is 0 Å². The van der Waals surface area contributed by atoms with Gasteiger partial charge in [0.05, 0.1) is 0 Å². The minimum atomic E-state index is 0.552. The molecule has 1 aliphatic rings. The smallest absolute Gasteiger partial charge is 0.162 e. The van der Waals surface area contributed by atoms with Crippen molar-refractivity contribution in [3.63, 3.8) is 0 Å². The lowest BCUT2D eigenvalue weighted by Gasteiger charge is -2.29. The van der Waals surface area contributed by atoms with Crippen LogP contribution in [0.4, 0.5) is 11.6 Å². The molecular weight excluding hydrogens is 298 g/mol. The predicted octanol–water partition coefficient (Wildman–Crippen LogP) is 3.90. The van der Waals surface area contributed by atoms with Gasteiger partial charge in [-0.1, -0.05) is 49.2 Å². The molecule has 24 heavy (non-hydrogen) atoms. The highest BCUT2D eigenvalue weighted by atomic mass is 15.3. The molecule has 0 aliphatic heterocycles. The van der Waals surface area contributed by atoms with Gasteiger partial charge in [-0.15, -0.1) is 16.8 Å². The number of hydrogen-bond donors (Lipinski definition) is 2. The van der Waals surface area contributed by atoms with Crippen molar-refractivity contribution in [3.05, 3.63) is 60.7 Å². The third kappa shape index (κ3) is 5.06. The van der Waals surface area contributed by atoms with E-state index < -0.39 is 0 Å². The first-order valence-electron chi connectivity index (χ1n) is 8.46. The highest BCUT2D eigenvalue weighted by Gasteiger charge is 2.24. The molecule has 1 aromatic carbocycles. The van der Waals surface area contributed by atoms with Crippen LogP contribution in [0.25, 0.3) is 0 Å². The molecule has 0 radical (unpaired) electrons. The molecule has 0 bridgehead atoms. The predicted molar refractivity (Wildman–Crippen MR) is 101 cm³/mol. The van der Waals surface area contributed by atoms with Crippen LogP contribution in [0.1, 0.15) is 38.2 Å². The van der Waals surface area contributed by atoms with Gasteiger partial charge in [0.1, 0.15) is 0 Å². The van der Waals surface area contributed by atoms with Crippen LogP contribution in [0.3, 0.4) is 0 Å².